The number of rotatable bonds is 10. The summed E-state index contributed by atoms with van der Waals surface area (Å²) < 4.78 is 32.1. The Kier molecular flexibility index (Phi) is 8.95. The summed E-state index contributed by atoms with van der Waals surface area (Å²) >= 11 is 0. The van der Waals surface area contributed by atoms with Crippen molar-refractivity contribution < 1.29 is 23.7 Å². The molecule has 0 unspecified atom stereocenters. The van der Waals surface area contributed by atoms with Gasteiger partial charge < -0.3 is 23.7 Å². The van der Waals surface area contributed by atoms with Gasteiger partial charge in [-0.2, -0.15) is 0 Å². The SMILES string of the molecule is C1=CC[C@@H]2O[C@H](COCc3ccccc3)[C@@H](OCc3ccccc3)[C@H](OCc3ccccc3)[C@H]2OC1. The van der Waals surface area contributed by atoms with E-state index in [4.69, 9.17) is 23.7 Å². The predicted molar refractivity (Wildman–Crippen MR) is 138 cm³/mol. The number of hydrogen-bond donors (Lipinski definition) is 0. The maximum atomic E-state index is 6.59. The van der Waals surface area contributed by atoms with Crippen LogP contribution in [0.2, 0.25) is 0 Å². The number of fused-ring (bicyclic) bond motifs is 1. The van der Waals surface area contributed by atoms with Crippen LogP contribution < -0.4 is 0 Å². The molecule has 2 heterocycles. The fourth-order valence-corrected chi connectivity index (χ4v) is 4.77. The third-order valence-corrected chi connectivity index (χ3v) is 6.61. The minimum absolute atomic E-state index is 0.119. The van der Waals surface area contributed by atoms with Gasteiger partial charge in [0.25, 0.3) is 0 Å². The molecule has 0 N–H and O–H groups in total. The third-order valence-electron chi connectivity index (χ3n) is 6.61. The Morgan fingerprint density at radius 2 is 1.19 bits per heavy atom. The van der Waals surface area contributed by atoms with Gasteiger partial charge in [-0.3, -0.25) is 0 Å². The van der Waals surface area contributed by atoms with Crippen molar-refractivity contribution in [2.45, 2.75) is 56.8 Å². The zero-order valence-electron chi connectivity index (χ0n) is 20.5. The molecule has 1 fully saturated rings. The van der Waals surface area contributed by atoms with Crippen LogP contribution in [0.3, 0.4) is 0 Å². The fourth-order valence-electron chi connectivity index (χ4n) is 4.77. The molecule has 0 bridgehead atoms. The Labute approximate surface area is 213 Å². The van der Waals surface area contributed by atoms with Crippen LogP contribution >= 0.6 is 0 Å². The van der Waals surface area contributed by atoms with Crippen molar-refractivity contribution >= 4 is 0 Å². The normalized spacial score (nSPS) is 25.7. The summed E-state index contributed by atoms with van der Waals surface area (Å²) in [6.07, 6.45) is 3.69. The molecule has 0 aromatic heterocycles. The summed E-state index contributed by atoms with van der Waals surface area (Å²) in [4.78, 5) is 0. The van der Waals surface area contributed by atoms with Crippen LogP contribution in [0.1, 0.15) is 23.1 Å². The molecule has 0 aliphatic carbocycles. The summed E-state index contributed by atoms with van der Waals surface area (Å²) in [6, 6.07) is 30.6. The molecule has 0 radical (unpaired) electrons. The number of hydrogen-bond acceptors (Lipinski definition) is 5. The summed E-state index contributed by atoms with van der Waals surface area (Å²) in [5.41, 5.74) is 3.35. The van der Waals surface area contributed by atoms with Gasteiger partial charge in [0, 0.05) is 0 Å². The van der Waals surface area contributed by atoms with Crippen LogP contribution in [0, 0.1) is 0 Å². The molecule has 5 nitrogen and oxygen atoms in total. The average molecular weight is 487 g/mol. The van der Waals surface area contributed by atoms with Gasteiger partial charge in [0.2, 0.25) is 0 Å². The van der Waals surface area contributed by atoms with Gasteiger partial charge in [0.05, 0.1) is 39.1 Å². The first-order chi connectivity index (χ1) is 17.9. The smallest absolute Gasteiger partial charge is 0.115 e. The van der Waals surface area contributed by atoms with Crippen molar-refractivity contribution in [3.63, 3.8) is 0 Å². The molecule has 2 aliphatic heterocycles. The minimum Gasteiger partial charge on any atom is -0.374 e. The number of benzene rings is 3. The average Bonchev–Trinajstić information content (AvgIpc) is 3.18. The molecule has 1 saturated heterocycles. The highest BCUT2D eigenvalue weighted by molar-refractivity contribution is 5.15. The van der Waals surface area contributed by atoms with Crippen molar-refractivity contribution in [2.75, 3.05) is 13.2 Å². The Morgan fingerprint density at radius 1 is 0.639 bits per heavy atom. The number of ether oxygens (including phenoxy) is 5. The molecule has 3 aromatic carbocycles. The standard InChI is InChI=1S/C31H34O5/c1-4-12-24(13-5-1)20-32-23-28-30(34-21-25-14-6-2-7-15-25)31(35-22-26-16-8-3-9-17-26)29-27(36-28)18-10-11-19-33-29/h1-17,27-31H,18-23H2/t27-,28+,29-,30+,31+/m0/s1. The largest absolute Gasteiger partial charge is 0.374 e. The molecule has 188 valence electrons. The topological polar surface area (TPSA) is 46.2 Å². The first kappa shape index (κ1) is 24.9. The van der Waals surface area contributed by atoms with E-state index in [-0.39, 0.29) is 30.5 Å². The van der Waals surface area contributed by atoms with Crippen molar-refractivity contribution in [1.82, 2.24) is 0 Å². The molecule has 0 amide bonds. The first-order valence-electron chi connectivity index (χ1n) is 12.7. The second-order valence-corrected chi connectivity index (χ2v) is 9.24. The van der Waals surface area contributed by atoms with E-state index < -0.39 is 0 Å². The highest BCUT2D eigenvalue weighted by Crippen LogP contribution is 2.32. The van der Waals surface area contributed by atoms with Crippen LogP contribution in [0.5, 0.6) is 0 Å². The van der Waals surface area contributed by atoms with Crippen LogP contribution in [0.25, 0.3) is 0 Å². The lowest BCUT2D eigenvalue weighted by Gasteiger charge is -2.45. The summed E-state index contributed by atoms with van der Waals surface area (Å²) in [7, 11) is 0. The molecule has 0 saturated carbocycles. The molecule has 3 aromatic rings. The van der Waals surface area contributed by atoms with Crippen LogP contribution in [-0.2, 0) is 43.5 Å². The van der Waals surface area contributed by atoms with E-state index in [9.17, 15) is 0 Å². The van der Waals surface area contributed by atoms with Crippen molar-refractivity contribution in [3.05, 3.63) is 120 Å². The van der Waals surface area contributed by atoms with E-state index in [0.29, 0.717) is 33.0 Å². The minimum atomic E-state index is -0.343. The lowest BCUT2D eigenvalue weighted by Crippen LogP contribution is -2.60. The highest BCUT2D eigenvalue weighted by Gasteiger charge is 2.48. The van der Waals surface area contributed by atoms with Crippen LogP contribution in [0.4, 0.5) is 0 Å². The molecule has 5 heteroatoms. The van der Waals surface area contributed by atoms with E-state index in [2.05, 4.69) is 48.6 Å². The third kappa shape index (κ3) is 6.69. The van der Waals surface area contributed by atoms with Crippen molar-refractivity contribution in [2.24, 2.45) is 0 Å². The molecule has 2 aliphatic rings. The molecular formula is C31H34O5. The van der Waals surface area contributed by atoms with Gasteiger partial charge in [-0.25, -0.2) is 0 Å². The Bertz CT molecular complexity index is 1060. The highest BCUT2D eigenvalue weighted by atomic mass is 16.6. The lowest BCUT2D eigenvalue weighted by molar-refractivity contribution is -0.266. The van der Waals surface area contributed by atoms with E-state index in [1.54, 1.807) is 0 Å². The van der Waals surface area contributed by atoms with Crippen molar-refractivity contribution in [3.8, 4) is 0 Å². The molecule has 5 atom stereocenters. The quantitative estimate of drug-likeness (QED) is 0.355. The molecule has 36 heavy (non-hydrogen) atoms. The summed E-state index contributed by atoms with van der Waals surface area (Å²) in [6.45, 7) is 2.41. The van der Waals surface area contributed by atoms with E-state index in [0.717, 1.165) is 23.1 Å². The van der Waals surface area contributed by atoms with Gasteiger partial charge in [0.15, 0.2) is 0 Å². The molecular weight excluding hydrogens is 452 g/mol. The van der Waals surface area contributed by atoms with Crippen molar-refractivity contribution in [1.29, 1.82) is 0 Å². The van der Waals surface area contributed by atoms with Gasteiger partial charge in [-0.1, -0.05) is 103 Å². The monoisotopic (exact) mass is 486 g/mol. The second-order valence-electron chi connectivity index (χ2n) is 9.24. The maximum absolute atomic E-state index is 6.59. The van der Waals surface area contributed by atoms with Gasteiger partial charge in [-0.05, 0) is 23.1 Å². The van der Waals surface area contributed by atoms with Crippen LogP contribution in [0.15, 0.2) is 103 Å². The summed E-state index contributed by atoms with van der Waals surface area (Å²) in [5, 5.41) is 0. The first-order valence-corrected chi connectivity index (χ1v) is 12.7. The Hall–Kier alpha value is -2.80. The second kappa shape index (κ2) is 12.9. The fraction of sp³-hybridized carbons (Fsp3) is 0.355. The predicted octanol–water partition coefficient (Wildman–Crippen LogP) is 5.49. The zero-order valence-corrected chi connectivity index (χ0v) is 20.5. The van der Waals surface area contributed by atoms with Crippen LogP contribution in [-0.4, -0.2) is 43.7 Å². The molecule has 5 rings (SSSR count). The Morgan fingerprint density at radius 3 is 1.81 bits per heavy atom. The van der Waals surface area contributed by atoms with Gasteiger partial charge in [-0.15, -0.1) is 0 Å². The van der Waals surface area contributed by atoms with E-state index in [1.165, 1.54) is 0 Å². The van der Waals surface area contributed by atoms with E-state index in [1.807, 2.05) is 54.6 Å². The Balaban J connectivity index is 1.35. The van der Waals surface area contributed by atoms with Gasteiger partial charge in [0.1, 0.15) is 24.4 Å². The summed E-state index contributed by atoms with van der Waals surface area (Å²) in [5.74, 6) is 0. The zero-order chi connectivity index (χ0) is 24.4. The van der Waals surface area contributed by atoms with Gasteiger partial charge >= 0.3 is 0 Å². The van der Waals surface area contributed by atoms with E-state index >= 15 is 0 Å². The molecule has 0 spiro atoms. The lowest BCUT2D eigenvalue weighted by atomic mass is 9.93. The maximum Gasteiger partial charge on any atom is 0.115 e.